The standard InChI is InChI=1S/C16H28N2O2/c1-11(15-8-12-4-5-13(15)7-12)17-16(20)9-18-6-2-3-14(18)10-19/h11-15,19H,2-10H2,1H3,(H,17,20). The molecule has 114 valence electrons. The maximum atomic E-state index is 12.2. The maximum Gasteiger partial charge on any atom is 0.234 e. The molecule has 2 N–H and O–H groups in total. The topological polar surface area (TPSA) is 52.6 Å². The highest BCUT2D eigenvalue weighted by atomic mass is 16.3. The van der Waals surface area contributed by atoms with Crippen LogP contribution in [-0.2, 0) is 4.79 Å². The third kappa shape index (κ3) is 2.86. The fraction of sp³-hybridized carbons (Fsp3) is 0.938. The molecule has 0 aromatic heterocycles. The van der Waals surface area contributed by atoms with Gasteiger partial charge >= 0.3 is 0 Å². The molecule has 2 bridgehead atoms. The van der Waals surface area contributed by atoms with E-state index in [0.717, 1.165) is 31.2 Å². The van der Waals surface area contributed by atoms with Gasteiger partial charge in [-0.2, -0.15) is 0 Å². The van der Waals surface area contributed by atoms with Crippen LogP contribution in [0, 0.1) is 17.8 Å². The number of nitrogens with one attached hydrogen (secondary N) is 1. The molecule has 1 heterocycles. The Kier molecular flexibility index (Phi) is 4.32. The molecule has 1 amide bonds. The first-order valence-electron chi connectivity index (χ1n) is 8.31. The van der Waals surface area contributed by atoms with Crippen molar-refractivity contribution in [3.8, 4) is 0 Å². The molecule has 3 aliphatic rings. The van der Waals surface area contributed by atoms with Gasteiger partial charge in [0.15, 0.2) is 0 Å². The van der Waals surface area contributed by atoms with Crippen LogP contribution in [0.5, 0.6) is 0 Å². The second kappa shape index (κ2) is 6.02. The minimum atomic E-state index is 0.139. The Morgan fingerprint density at radius 1 is 1.35 bits per heavy atom. The molecular formula is C16H28N2O2. The molecule has 0 radical (unpaired) electrons. The molecule has 1 aliphatic heterocycles. The van der Waals surface area contributed by atoms with Crippen molar-refractivity contribution < 1.29 is 9.90 Å². The zero-order valence-corrected chi connectivity index (χ0v) is 12.6. The van der Waals surface area contributed by atoms with Crippen molar-refractivity contribution in [3.05, 3.63) is 0 Å². The predicted molar refractivity (Wildman–Crippen MR) is 78.2 cm³/mol. The van der Waals surface area contributed by atoms with Crippen molar-refractivity contribution in [1.29, 1.82) is 0 Å². The maximum absolute atomic E-state index is 12.2. The van der Waals surface area contributed by atoms with Crippen molar-refractivity contribution in [2.45, 2.75) is 57.5 Å². The number of fused-ring (bicyclic) bond motifs is 2. The number of likely N-dealkylation sites (tertiary alicyclic amines) is 1. The van der Waals surface area contributed by atoms with Crippen molar-refractivity contribution in [2.75, 3.05) is 19.7 Å². The molecule has 20 heavy (non-hydrogen) atoms. The monoisotopic (exact) mass is 280 g/mol. The molecule has 4 heteroatoms. The average molecular weight is 280 g/mol. The van der Waals surface area contributed by atoms with Crippen LogP contribution in [0.4, 0.5) is 0 Å². The van der Waals surface area contributed by atoms with Crippen molar-refractivity contribution >= 4 is 5.91 Å². The SMILES string of the molecule is CC(NC(=O)CN1CCCC1CO)C1CC2CCC1C2. The molecule has 2 aliphatic carbocycles. The van der Waals surface area contributed by atoms with Gasteiger partial charge in [-0.1, -0.05) is 6.42 Å². The first-order chi connectivity index (χ1) is 9.67. The molecule has 0 aromatic carbocycles. The number of rotatable bonds is 5. The molecule has 3 fully saturated rings. The zero-order valence-electron chi connectivity index (χ0n) is 12.6. The summed E-state index contributed by atoms with van der Waals surface area (Å²) in [7, 11) is 0. The van der Waals surface area contributed by atoms with Gasteiger partial charge in [-0.3, -0.25) is 9.69 Å². The van der Waals surface area contributed by atoms with Gasteiger partial charge in [-0.05, 0) is 63.3 Å². The van der Waals surface area contributed by atoms with Gasteiger partial charge in [0, 0.05) is 12.1 Å². The Morgan fingerprint density at radius 2 is 2.20 bits per heavy atom. The van der Waals surface area contributed by atoms with Gasteiger partial charge in [0.05, 0.1) is 13.2 Å². The Bertz CT molecular complexity index is 360. The molecule has 5 atom stereocenters. The molecule has 1 saturated heterocycles. The van der Waals surface area contributed by atoms with E-state index < -0.39 is 0 Å². The molecule has 4 nitrogen and oxygen atoms in total. The van der Waals surface area contributed by atoms with Crippen LogP contribution in [0.25, 0.3) is 0 Å². The number of hydrogen-bond donors (Lipinski definition) is 2. The van der Waals surface area contributed by atoms with E-state index in [-0.39, 0.29) is 18.6 Å². The van der Waals surface area contributed by atoms with Crippen LogP contribution < -0.4 is 5.32 Å². The smallest absolute Gasteiger partial charge is 0.234 e. The minimum Gasteiger partial charge on any atom is -0.395 e. The number of hydrogen-bond acceptors (Lipinski definition) is 3. The van der Waals surface area contributed by atoms with Gasteiger partial charge in [0.25, 0.3) is 0 Å². The van der Waals surface area contributed by atoms with E-state index in [2.05, 4.69) is 17.1 Å². The highest BCUT2D eigenvalue weighted by Crippen LogP contribution is 2.49. The summed E-state index contributed by atoms with van der Waals surface area (Å²) in [6.07, 6.45) is 7.60. The summed E-state index contributed by atoms with van der Waals surface area (Å²) < 4.78 is 0. The van der Waals surface area contributed by atoms with Crippen molar-refractivity contribution in [2.24, 2.45) is 17.8 Å². The van der Waals surface area contributed by atoms with E-state index in [1.54, 1.807) is 0 Å². The van der Waals surface area contributed by atoms with Gasteiger partial charge in [-0.15, -0.1) is 0 Å². The highest BCUT2D eigenvalue weighted by Gasteiger charge is 2.42. The number of carbonyl (C=O) groups is 1. The van der Waals surface area contributed by atoms with E-state index in [4.69, 9.17) is 0 Å². The molecular weight excluding hydrogens is 252 g/mol. The van der Waals surface area contributed by atoms with Gasteiger partial charge in [0.2, 0.25) is 5.91 Å². The Balaban J connectivity index is 1.46. The highest BCUT2D eigenvalue weighted by molar-refractivity contribution is 5.78. The van der Waals surface area contributed by atoms with Crippen LogP contribution in [0.1, 0.15) is 45.4 Å². The first kappa shape index (κ1) is 14.3. The summed E-state index contributed by atoms with van der Waals surface area (Å²) in [6, 6.07) is 0.506. The number of carbonyl (C=O) groups excluding carboxylic acids is 1. The molecule has 3 rings (SSSR count). The lowest BCUT2D eigenvalue weighted by molar-refractivity contribution is -0.123. The summed E-state index contributed by atoms with van der Waals surface area (Å²) in [5.41, 5.74) is 0. The lowest BCUT2D eigenvalue weighted by Crippen LogP contribution is -2.46. The van der Waals surface area contributed by atoms with Crippen LogP contribution in [0.2, 0.25) is 0 Å². The van der Waals surface area contributed by atoms with E-state index in [9.17, 15) is 9.90 Å². The molecule has 0 spiro atoms. The molecule has 2 saturated carbocycles. The van der Waals surface area contributed by atoms with E-state index >= 15 is 0 Å². The van der Waals surface area contributed by atoms with Gasteiger partial charge in [0.1, 0.15) is 0 Å². The second-order valence-corrected chi connectivity index (χ2v) is 7.14. The largest absolute Gasteiger partial charge is 0.395 e. The Hall–Kier alpha value is -0.610. The quantitative estimate of drug-likeness (QED) is 0.800. The van der Waals surface area contributed by atoms with Crippen molar-refractivity contribution in [3.63, 3.8) is 0 Å². The van der Waals surface area contributed by atoms with E-state index in [1.165, 1.54) is 25.7 Å². The summed E-state index contributed by atoms with van der Waals surface area (Å²) in [6.45, 7) is 3.75. The van der Waals surface area contributed by atoms with Crippen molar-refractivity contribution in [1.82, 2.24) is 10.2 Å². The van der Waals surface area contributed by atoms with Crippen LogP contribution in [-0.4, -0.2) is 47.7 Å². The molecule has 5 unspecified atom stereocenters. The number of aliphatic hydroxyl groups excluding tert-OH is 1. The number of amides is 1. The average Bonchev–Trinajstić information content (AvgIpc) is 3.13. The first-order valence-corrected chi connectivity index (χ1v) is 8.31. The third-order valence-corrected chi connectivity index (χ3v) is 5.88. The summed E-state index contributed by atoms with van der Waals surface area (Å²) in [5.74, 6) is 2.62. The predicted octanol–water partition coefficient (Wildman–Crippen LogP) is 1.38. The zero-order chi connectivity index (χ0) is 14.1. The number of aliphatic hydroxyl groups is 1. The molecule has 0 aromatic rings. The normalized spacial score (nSPS) is 38.3. The lowest BCUT2D eigenvalue weighted by atomic mass is 9.84. The third-order valence-electron chi connectivity index (χ3n) is 5.88. The second-order valence-electron chi connectivity index (χ2n) is 7.14. The van der Waals surface area contributed by atoms with Crippen LogP contribution in [0.15, 0.2) is 0 Å². The number of nitrogens with zero attached hydrogens (tertiary/aromatic N) is 1. The Labute approximate surface area is 121 Å². The summed E-state index contributed by atoms with van der Waals surface area (Å²) in [5, 5.41) is 12.5. The summed E-state index contributed by atoms with van der Waals surface area (Å²) >= 11 is 0. The van der Waals surface area contributed by atoms with Crippen LogP contribution in [0.3, 0.4) is 0 Å². The van der Waals surface area contributed by atoms with Crippen LogP contribution >= 0.6 is 0 Å². The van der Waals surface area contributed by atoms with E-state index in [1.807, 2.05) is 0 Å². The Morgan fingerprint density at radius 3 is 2.85 bits per heavy atom. The lowest BCUT2D eigenvalue weighted by Gasteiger charge is -2.29. The van der Waals surface area contributed by atoms with Gasteiger partial charge < -0.3 is 10.4 Å². The fourth-order valence-corrected chi connectivity index (χ4v) is 4.81. The van der Waals surface area contributed by atoms with Gasteiger partial charge in [-0.25, -0.2) is 0 Å². The fourth-order valence-electron chi connectivity index (χ4n) is 4.81. The summed E-state index contributed by atoms with van der Waals surface area (Å²) in [4.78, 5) is 14.3. The minimum absolute atomic E-state index is 0.139. The van der Waals surface area contributed by atoms with E-state index in [0.29, 0.717) is 18.5 Å².